The van der Waals surface area contributed by atoms with Gasteiger partial charge in [-0.25, -0.2) is 13.8 Å². The van der Waals surface area contributed by atoms with E-state index in [1.807, 2.05) is 6.92 Å². The SMILES string of the molecule is CCNC(=NCCOc1ccc(F)c(F)c1)N1CCC(O)CC1. The lowest BCUT2D eigenvalue weighted by Gasteiger charge is -2.32. The van der Waals surface area contributed by atoms with Gasteiger partial charge in [-0.1, -0.05) is 0 Å². The molecule has 7 heteroatoms. The average Bonchev–Trinajstić information content (AvgIpc) is 2.54. The van der Waals surface area contributed by atoms with Crippen molar-refractivity contribution in [1.29, 1.82) is 0 Å². The Bertz CT molecular complexity index is 532. The molecule has 1 heterocycles. The van der Waals surface area contributed by atoms with Crippen molar-refractivity contribution in [3.8, 4) is 5.75 Å². The zero-order valence-electron chi connectivity index (χ0n) is 13.3. The first-order valence-corrected chi connectivity index (χ1v) is 7.89. The Labute approximate surface area is 135 Å². The van der Waals surface area contributed by atoms with E-state index in [1.165, 1.54) is 6.07 Å². The van der Waals surface area contributed by atoms with Crippen molar-refractivity contribution in [3.63, 3.8) is 0 Å². The first-order chi connectivity index (χ1) is 11.1. The Balaban J connectivity index is 1.84. The summed E-state index contributed by atoms with van der Waals surface area (Å²) in [6.07, 6.45) is 1.23. The van der Waals surface area contributed by atoms with Crippen molar-refractivity contribution in [2.24, 2.45) is 4.99 Å². The molecule has 1 saturated heterocycles. The van der Waals surface area contributed by atoms with Crippen LogP contribution in [0.5, 0.6) is 5.75 Å². The highest BCUT2D eigenvalue weighted by atomic mass is 19.2. The van der Waals surface area contributed by atoms with Gasteiger partial charge in [0.25, 0.3) is 0 Å². The number of hydrogen-bond donors (Lipinski definition) is 2. The zero-order chi connectivity index (χ0) is 16.7. The number of aliphatic hydroxyl groups is 1. The Hall–Kier alpha value is -1.89. The van der Waals surface area contributed by atoms with E-state index in [9.17, 15) is 13.9 Å². The van der Waals surface area contributed by atoms with Crippen LogP contribution in [0.2, 0.25) is 0 Å². The Morgan fingerprint density at radius 1 is 1.35 bits per heavy atom. The van der Waals surface area contributed by atoms with Gasteiger partial charge in [-0.05, 0) is 31.9 Å². The summed E-state index contributed by atoms with van der Waals surface area (Å²) in [5, 5.41) is 12.8. The monoisotopic (exact) mass is 327 g/mol. The van der Waals surface area contributed by atoms with Crippen LogP contribution in [0.4, 0.5) is 8.78 Å². The third-order valence-electron chi connectivity index (χ3n) is 3.61. The minimum absolute atomic E-state index is 0.231. The molecule has 0 radical (unpaired) electrons. The second kappa shape index (κ2) is 8.67. The Morgan fingerprint density at radius 3 is 2.74 bits per heavy atom. The van der Waals surface area contributed by atoms with Crippen molar-refractivity contribution in [2.45, 2.75) is 25.9 Å². The van der Waals surface area contributed by atoms with E-state index in [0.29, 0.717) is 6.54 Å². The number of ether oxygens (including phenoxy) is 1. The molecular formula is C16H23F2N3O2. The molecule has 2 rings (SSSR count). The molecule has 23 heavy (non-hydrogen) atoms. The van der Waals surface area contributed by atoms with E-state index in [4.69, 9.17) is 4.74 Å². The molecule has 128 valence electrons. The molecule has 0 unspecified atom stereocenters. The largest absolute Gasteiger partial charge is 0.492 e. The number of nitrogens with one attached hydrogen (secondary N) is 1. The van der Waals surface area contributed by atoms with Crippen LogP contribution in [0.1, 0.15) is 19.8 Å². The van der Waals surface area contributed by atoms with Crippen LogP contribution in [0.15, 0.2) is 23.2 Å². The van der Waals surface area contributed by atoms with Crippen LogP contribution >= 0.6 is 0 Å². The maximum atomic E-state index is 13.1. The Morgan fingerprint density at radius 2 is 2.09 bits per heavy atom. The summed E-state index contributed by atoms with van der Waals surface area (Å²) in [5.41, 5.74) is 0. The smallest absolute Gasteiger partial charge is 0.194 e. The highest BCUT2D eigenvalue weighted by molar-refractivity contribution is 5.80. The topological polar surface area (TPSA) is 57.1 Å². The van der Waals surface area contributed by atoms with E-state index in [2.05, 4.69) is 15.2 Å². The molecule has 1 aromatic rings. The number of piperidine rings is 1. The maximum Gasteiger partial charge on any atom is 0.194 e. The van der Waals surface area contributed by atoms with Crippen LogP contribution in [0, 0.1) is 11.6 Å². The molecule has 0 spiro atoms. The molecule has 0 bridgehead atoms. The number of halogens is 2. The summed E-state index contributed by atoms with van der Waals surface area (Å²) in [6, 6.07) is 3.45. The van der Waals surface area contributed by atoms with Crippen LogP contribution in [-0.2, 0) is 0 Å². The fraction of sp³-hybridized carbons (Fsp3) is 0.562. The second-order valence-electron chi connectivity index (χ2n) is 5.38. The summed E-state index contributed by atoms with van der Waals surface area (Å²) >= 11 is 0. The number of hydrogen-bond acceptors (Lipinski definition) is 3. The standard InChI is InChI=1S/C16H23F2N3O2/c1-2-19-16(21-8-5-12(22)6-9-21)20-7-10-23-13-3-4-14(17)15(18)11-13/h3-4,11-12,22H,2,5-10H2,1H3,(H,19,20). The predicted molar refractivity (Wildman–Crippen MR) is 84.6 cm³/mol. The fourth-order valence-electron chi connectivity index (χ4n) is 2.39. The first-order valence-electron chi connectivity index (χ1n) is 7.89. The number of likely N-dealkylation sites (tertiary alicyclic amines) is 1. The highest BCUT2D eigenvalue weighted by Gasteiger charge is 2.19. The number of guanidine groups is 1. The van der Waals surface area contributed by atoms with Gasteiger partial charge in [0.15, 0.2) is 17.6 Å². The van der Waals surface area contributed by atoms with Gasteiger partial charge < -0.3 is 20.1 Å². The van der Waals surface area contributed by atoms with E-state index in [-0.39, 0.29) is 18.5 Å². The van der Waals surface area contributed by atoms with Gasteiger partial charge in [-0.2, -0.15) is 0 Å². The lowest BCUT2D eigenvalue weighted by molar-refractivity contribution is 0.108. The number of nitrogens with zero attached hydrogens (tertiary/aromatic N) is 2. The average molecular weight is 327 g/mol. The molecule has 0 aliphatic carbocycles. The van der Waals surface area contributed by atoms with Crippen LogP contribution in [-0.4, -0.2) is 54.9 Å². The minimum Gasteiger partial charge on any atom is -0.492 e. The summed E-state index contributed by atoms with van der Waals surface area (Å²) in [5.74, 6) is -0.748. The molecule has 0 atom stereocenters. The molecule has 0 aromatic heterocycles. The van der Waals surface area contributed by atoms with Gasteiger partial charge in [-0.3, -0.25) is 0 Å². The summed E-state index contributed by atoms with van der Waals surface area (Å²) in [7, 11) is 0. The van der Waals surface area contributed by atoms with Crippen molar-refractivity contribution >= 4 is 5.96 Å². The molecule has 5 nitrogen and oxygen atoms in total. The van der Waals surface area contributed by atoms with Crippen LogP contribution in [0.3, 0.4) is 0 Å². The van der Waals surface area contributed by atoms with E-state index in [1.54, 1.807) is 0 Å². The lowest BCUT2D eigenvalue weighted by atomic mass is 10.1. The predicted octanol–water partition coefficient (Wildman–Crippen LogP) is 1.77. The summed E-state index contributed by atoms with van der Waals surface area (Å²) in [6.45, 7) is 4.94. The molecule has 1 aliphatic heterocycles. The second-order valence-corrected chi connectivity index (χ2v) is 5.38. The van der Waals surface area contributed by atoms with E-state index >= 15 is 0 Å². The zero-order valence-corrected chi connectivity index (χ0v) is 13.3. The van der Waals surface area contributed by atoms with Gasteiger partial charge >= 0.3 is 0 Å². The number of rotatable bonds is 5. The normalized spacial score (nSPS) is 16.5. The fourth-order valence-corrected chi connectivity index (χ4v) is 2.39. The van der Waals surface area contributed by atoms with Crippen LogP contribution in [0.25, 0.3) is 0 Å². The van der Waals surface area contributed by atoms with Crippen molar-refractivity contribution in [1.82, 2.24) is 10.2 Å². The number of aliphatic imine (C=N–C) groups is 1. The maximum absolute atomic E-state index is 13.1. The molecule has 1 aliphatic rings. The molecule has 2 N–H and O–H groups in total. The van der Waals surface area contributed by atoms with E-state index in [0.717, 1.165) is 50.6 Å². The highest BCUT2D eigenvalue weighted by Crippen LogP contribution is 2.15. The third kappa shape index (κ3) is 5.35. The van der Waals surface area contributed by atoms with E-state index < -0.39 is 11.6 Å². The summed E-state index contributed by atoms with van der Waals surface area (Å²) < 4.78 is 31.3. The molecule has 0 saturated carbocycles. The molecular weight excluding hydrogens is 304 g/mol. The number of aliphatic hydroxyl groups excluding tert-OH is 1. The Kier molecular flexibility index (Phi) is 6.58. The first kappa shape index (κ1) is 17.5. The number of benzene rings is 1. The molecule has 1 aromatic carbocycles. The minimum atomic E-state index is -0.925. The van der Waals surface area contributed by atoms with Crippen molar-refractivity contribution in [2.75, 3.05) is 32.8 Å². The molecule has 1 fully saturated rings. The van der Waals surface area contributed by atoms with Gasteiger partial charge in [0.05, 0.1) is 12.6 Å². The van der Waals surface area contributed by atoms with Gasteiger partial charge in [-0.15, -0.1) is 0 Å². The molecule has 0 amide bonds. The van der Waals surface area contributed by atoms with Crippen molar-refractivity contribution in [3.05, 3.63) is 29.8 Å². The van der Waals surface area contributed by atoms with Crippen LogP contribution < -0.4 is 10.1 Å². The van der Waals surface area contributed by atoms with Gasteiger partial charge in [0.1, 0.15) is 12.4 Å². The quantitative estimate of drug-likeness (QED) is 0.492. The van der Waals surface area contributed by atoms with Gasteiger partial charge in [0.2, 0.25) is 0 Å². The van der Waals surface area contributed by atoms with Crippen molar-refractivity contribution < 1.29 is 18.6 Å². The van der Waals surface area contributed by atoms with Gasteiger partial charge in [0, 0.05) is 25.7 Å². The third-order valence-corrected chi connectivity index (χ3v) is 3.61. The summed E-state index contributed by atoms with van der Waals surface area (Å²) in [4.78, 5) is 6.58. The lowest BCUT2D eigenvalue weighted by Crippen LogP contribution is -2.46.